The van der Waals surface area contributed by atoms with Gasteiger partial charge in [-0.25, -0.2) is 9.97 Å². The van der Waals surface area contributed by atoms with E-state index in [9.17, 15) is 15.3 Å². The lowest BCUT2D eigenvalue weighted by Crippen LogP contribution is -2.35. The summed E-state index contributed by atoms with van der Waals surface area (Å²) < 4.78 is 1.04. The van der Waals surface area contributed by atoms with Gasteiger partial charge in [0.25, 0.3) is 0 Å². The van der Waals surface area contributed by atoms with E-state index in [0.717, 1.165) is 50.6 Å². The van der Waals surface area contributed by atoms with Crippen molar-refractivity contribution in [2.45, 2.75) is 71.2 Å². The maximum atomic E-state index is 10.7. The average molecular weight is 549 g/mol. The Hall–Kier alpha value is -3.18. The first-order valence-electron chi connectivity index (χ1n) is 13.5. The maximum absolute atomic E-state index is 10.7. The molecule has 3 aromatic heterocycles. The third-order valence-corrected chi connectivity index (χ3v) is 8.49. The van der Waals surface area contributed by atoms with E-state index < -0.39 is 24.2 Å². The molecule has 9 nitrogen and oxygen atoms in total. The van der Waals surface area contributed by atoms with Crippen molar-refractivity contribution < 1.29 is 15.3 Å². The summed E-state index contributed by atoms with van der Waals surface area (Å²) in [5.41, 5.74) is 5.65. The number of benzene rings is 1. The summed E-state index contributed by atoms with van der Waals surface area (Å²) in [6.45, 7) is 7.97. The molecule has 1 saturated carbocycles. The van der Waals surface area contributed by atoms with Gasteiger partial charge in [0.15, 0.2) is 0 Å². The van der Waals surface area contributed by atoms with Crippen molar-refractivity contribution in [2.24, 2.45) is 5.92 Å². The molecule has 4 aromatic rings. The molecule has 206 valence electrons. The highest BCUT2D eigenvalue weighted by molar-refractivity contribution is 7.21. The summed E-state index contributed by atoms with van der Waals surface area (Å²) in [6, 6.07) is 9.78. The summed E-state index contributed by atoms with van der Waals surface area (Å²) >= 11 is 1.56. The number of nitrogens with one attached hydrogen (secondary N) is 2. The Labute approximate surface area is 232 Å². The summed E-state index contributed by atoms with van der Waals surface area (Å²) in [6.07, 6.45) is 2.00. The third kappa shape index (κ3) is 5.60. The Morgan fingerprint density at radius 2 is 1.82 bits per heavy atom. The second-order valence-electron chi connectivity index (χ2n) is 10.4. The summed E-state index contributed by atoms with van der Waals surface area (Å²) in [4.78, 5) is 19.2. The number of nitrogens with zero attached hydrogens (tertiary/aromatic N) is 4. The number of aryl methyl sites for hydroxylation is 3. The molecule has 0 saturated heterocycles. The topological polar surface area (TPSA) is 136 Å². The van der Waals surface area contributed by atoms with Gasteiger partial charge in [0, 0.05) is 18.7 Å². The zero-order valence-electron chi connectivity index (χ0n) is 22.7. The lowest BCUT2D eigenvalue weighted by atomic mass is 10.1. The quantitative estimate of drug-likeness (QED) is 0.206. The number of thiazole rings is 1. The standard InChI is InChI=1S/C29H36N6O3S/c1-5-6-20-24-22(11-12-30-20)39-28(34-24)23-17(4)32-29(31-16(3)18-9-7-15(2)8-10-18)35-27(23)33-21-13-19(14-36)25(37)26(21)38/h7-12,16,19,21,25-26,36-38H,5-6,13-14H2,1-4H3,(H2,31,32,33,35)/t16-,19-,21-,25-,26+/m1/s1. The van der Waals surface area contributed by atoms with Crippen molar-refractivity contribution >= 4 is 33.3 Å². The van der Waals surface area contributed by atoms with Gasteiger partial charge >= 0.3 is 0 Å². The molecule has 5 atom stereocenters. The van der Waals surface area contributed by atoms with Crippen molar-refractivity contribution in [1.29, 1.82) is 0 Å². The number of hydrogen-bond acceptors (Lipinski definition) is 10. The lowest BCUT2D eigenvalue weighted by molar-refractivity contribution is 0.00446. The minimum Gasteiger partial charge on any atom is -0.396 e. The molecule has 5 rings (SSSR count). The van der Waals surface area contributed by atoms with Crippen LogP contribution in [0.2, 0.25) is 0 Å². The number of fused-ring (bicyclic) bond motifs is 1. The summed E-state index contributed by atoms with van der Waals surface area (Å²) in [7, 11) is 0. The van der Waals surface area contributed by atoms with Gasteiger partial charge in [0.2, 0.25) is 5.95 Å². The van der Waals surface area contributed by atoms with E-state index in [1.54, 1.807) is 11.3 Å². The van der Waals surface area contributed by atoms with Gasteiger partial charge in [0.05, 0.1) is 39.8 Å². The molecule has 1 aliphatic carbocycles. The molecule has 10 heteroatoms. The predicted molar refractivity (Wildman–Crippen MR) is 155 cm³/mol. The van der Waals surface area contributed by atoms with E-state index in [4.69, 9.17) is 15.0 Å². The highest BCUT2D eigenvalue weighted by Crippen LogP contribution is 2.39. The fraction of sp³-hybridized carbons (Fsp3) is 0.448. The molecule has 1 aliphatic rings. The molecule has 0 spiro atoms. The van der Waals surface area contributed by atoms with Crippen LogP contribution in [0.25, 0.3) is 20.8 Å². The molecule has 1 fully saturated rings. The van der Waals surface area contributed by atoms with Gasteiger partial charge in [-0.3, -0.25) is 4.98 Å². The monoisotopic (exact) mass is 548 g/mol. The van der Waals surface area contributed by atoms with Gasteiger partial charge in [0.1, 0.15) is 22.4 Å². The van der Waals surface area contributed by atoms with E-state index in [2.05, 4.69) is 60.7 Å². The number of anilines is 2. The van der Waals surface area contributed by atoms with Crippen LogP contribution in [0.15, 0.2) is 36.5 Å². The molecule has 5 N–H and O–H groups in total. The fourth-order valence-corrected chi connectivity index (χ4v) is 6.27. The normalized spacial score (nSPS) is 21.8. The number of hydrogen-bond donors (Lipinski definition) is 5. The molecule has 1 aromatic carbocycles. The number of aliphatic hydroxyl groups is 3. The van der Waals surface area contributed by atoms with Crippen LogP contribution in [0.5, 0.6) is 0 Å². The Kier molecular flexibility index (Phi) is 8.08. The average Bonchev–Trinajstić information content (AvgIpc) is 3.46. The smallest absolute Gasteiger partial charge is 0.225 e. The maximum Gasteiger partial charge on any atom is 0.225 e. The highest BCUT2D eigenvalue weighted by Gasteiger charge is 2.41. The molecule has 0 unspecified atom stereocenters. The number of pyridine rings is 1. The predicted octanol–water partition coefficient (Wildman–Crippen LogP) is 4.41. The third-order valence-electron chi connectivity index (χ3n) is 7.45. The highest BCUT2D eigenvalue weighted by atomic mass is 32.1. The van der Waals surface area contributed by atoms with E-state index >= 15 is 0 Å². The first-order valence-corrected chi connectivity index (χ1v) is 14.3. The Morgan fingerprint density at radius 1 is 1.05 bits per heavy atom. The second-order valence-corrected chi connectivity index (χ2v) is 11.4. The molecule has 3 heterocycles. The molecular formula is C29H36N6O3S. The minimum absolute atomic E-state index is 0.0357. The van der Waals surface area contributed by atoms with Gasteiger partial charge in [-0.2, -0.15) is 4.98 Å². The van der Waals surface area contributed by atoms with E-state index in [1.165, 1.54) is 5.56 Å². The van der Waals surface area contributed by atoms with E-state index in [0.29, 0.717) is 18.2 Å². The van der Waals surface area contributed by atoms with Crippen LogP contribution in [0, 0.1) is 19.8 Å². The summed E-state index contributed by atoms with van der Waals surface area (Å²) in [5.74, 6) is 0.571. The number of aliphatic hydroxyl groups excluding tert-OH is 3. The van der Waals surface area contributed by atoms with Crippen molar-refractivity contribution in [3.05, 3.63) is 59.0 Å². The first-order chi connectivity index (χ1) is 18.8. The molecule has 0 amide bonds. The van der Waals surface area contributed by atoms with Crippen LogP contribution in [0.4, 0.5) is 11.8 Å². The van der Waals surface area contributed by atoms with Crippen LogP contribution in [-0.2, 0) is 6.42 Å². The van der Waals surface area contributed by atoms with Crippen molar-refractivity contribution in [1.82, 2.24) is 19.9 Å². The van der Waals surface area contributed by atoms with E-state index in [-0.39, 0.29) is 12.6 Å². The van der Waals surface area contributed by atoms with Gasteiger partial charge in [-0.15, -0.1) is 11.3 Å². The van der Waals surface area contributed by atoms with Crippen molar-refractivity contribution in [3.63, 3.8) is 0 Å². The SMILES string of the molecule is CCCc1nccc2sc(-c3c(C)nc(N[C@H](C)c4ccc(C)cc4)nc3N[C@@H]3C[C@H](CO)[C@@H](O)[C@H]3O)nc12. The van der Waals surface area contributed by atoms with Crippen LogP contribution in [0.3, 0.4) is 0 Å². The molecular weight excluding hydrogens is 512 g/mol. The van der Waals surface area contributed by atoms with Gasteiger partial charge in [-0.1, -0.05) is 43.2 Å². The Bertz CT molecular complexity index is 1440. The largest absolute Gasteiger partial charge is 0.396 e. The zero-order chi connectivity index (χ0) is 27.7. The Morgan fingerprint density at radius 3 is 2.51 bits per heavy atom. The van der Waals surface area contributed by atoms with E-state index in [1.807, 2.05) is 19.2 Å². The van der Waals surface area contributed by atoms with Crippen molar-refractivity contribution in [3.8, 4) is 10.6 Å². The lowest BCUT2D eigenvalue weighted by Gasteiger charge is -2.22. The number of aromatic nitrogens is 4. The molecule has 0 aliphatic heterocycles. The van der Waals surface area contributed by atoms with Crippen LogP contribution in [-0.4, -0.2) is 60.1 Å². The van der Waals surface area contributed by atoms with Crippen LogP contribution >= 0.6 is 11.3 Å². The van der Waals surface area contributed by atoms with Crippen LogP contribution < -0.4 is 10.6 Å². The first kappa shape index (κ1) is 27.4. The fourth-order valence-electron chi connectivity index (χ4n) is 5.19. The number of rotatable bonds is 9. The van der Waals surface area contributed by atoms with Crippen molar-refractivity contribution in [2.75, 3.05) is 17.2 Å². The van der Waals surface area contributed by atoms with Gasteiger partial charge in [-0.05, 0) is 45.2 Å². The molecule has 0 bridgehead atoms. The van der Waals surface area contributed by atoms with Gasteiger partial charge < -0.3 is 26.0 Å². The molecule has 0 radical (unpaired) electrons. The Balaban J connectivity index is 1.55. The zero-order valence-corrected chi connectivity index (χ0v) is 23.5. The minimum atomic E-state index is -1.04. The molecule has 39 heavy (non-hydrogen) atoms. The second kappa shape index (κ2) is 11.5. The van der Waals surface area contributed by atoms with Crippen LogP contribution in [0.1, 0.15) is 55.2 Å². The summed E-state index contributed by atoms with van der Waals surface area (Å²) in [5, 5.41) is 38.4.